The molecule has 116 valence electrons. The third kappa shape index (κ3) is 3.27. The van der Waals surface area contributed by atoms with Crippen LogP contribution < -0.4 is 16.6 Å². The number of nitrogens with zero attached hydrogens (tertiary/aromatic N) is 1. The molecule has 1 aliphatic rings. The Morgan fingerprint density at radius 3 is 2.77 bits per heavy atom. The molecule has 0 saturated heterocycles. The molecule has 2 heterocycles. The van der Waals surface area contributed by atoms with Gasteiger partial charge in [0.05, 0.1) is 0 Å². The van der Waals surface area contributed by atoms with Gasteiger partial charge in [0.2, 0.25) is 5.95 Å². The van der Waals surface area contributed by atoms with E-state index in [0.29, 0.717) is 16.0 Å². The first-order valence-electron chi connectivity index (χ1n) is 7.54. The number of fused-ring (bicyclic) bond motifs is 1. The predicted octanol–water partition coefficient (Wildman–Crippen LogP) is 2.43. The summed E-state index contributed by atoms with van der Waals surface area (Å²) >= 11 is 1.59. The van der Waals surface area contributed by atoms with E-state index in [1.165, 1.54) is 11.1 Å². The van der Waals surface area contributed by atoms with Crippen molar-refractivity contribution in [2.75, 3.05) is 17.6 Å². The zero-order valence-electron chi connectivity index (χ0n) is 12.6. The lowest BCUT2D eigenvalue weighted by Crippen LogP contribution is -2.28. The molecule has 22 heavy (non-hydrogen) atoms. The van der Waals surface area contributed by atoms with Gasteiger partial charge in [-0.1, -0.05) is 31.2 Å². The van der Waals surface area contributed by atoms with Gasteiger partial charge in [0.15, 0.2) is 0 Å². The molecule has 5 nitrogen and oxygen atoms in total. The lowest BCUT2D eigenvalue weighted by atomic mass is 10.0. The van der Waals surface area contributed by atoms with Crippen LogP contribution in [-0.2, 0) is 12.8 Å². The number of nitrogen functional groups attached to an aromatic ring is 1. The smallest absolute Gasteiger partial charge is 0.268 e. The maximum atomic E-state index is 11.9. The van der Waals surface area contributed by atoms with Crippen molar-refractivity contribution < 1.29 is 0 Å². The minimum atomic E-state index is -0.156. The van der Waals surface area contributed by atoms with E-state index in [0.717, 1.165) is 25.8 Å². The van der Waals surface area contributed by atoms with Gasteiger partial charge in [0.1, 0.15) is 10.7 Å². The summed E-state index contributed by atoms with van der Waals surface area (Å²) in [6, 6.07) is 8.77. The van der Waals surface area contributed by atoms with Gasteiger partial charge in [-0.3, -0.25) is 9.78 Å². The van der Waals surface area contributed by atoms with Crippen molar-refractivity contribution in [2.24, 2.45) is 0 Å². The van der Waals surface area contributed by atoms with E-state index >= 15 is 0 Å². The molecule has 6 heteroatoms. The molecule has 0 saturated carbocycles. The van der Waals surface area contributed by atoms with Crippen LogP contribution in [0.5, 0.6) is 0 Å². The van der Waals surface area contributed by atoms with Gasteiger partial charge in [-0.05, 0) is 30.4 Å². The first-order valence-corrected chi connectivity index (χ1v) is 8.42. The first-order chi connectivity index (χ1) is 10.7. The predicted molar refractivity (Wildman–Crippen MR) is 91.5 cm³/mol. The zero-order chi connectivity index (χ0) is 15.5. The fraction of sp³-hybridized carbons (Fsp3) is 0.375. The van der Waals surface area contributed by atoms with Crippen molar-refractivity contribution >= 4 is 23.5 Å². The van der Waals surface area contributed by atoms with Crippen LogP contribution in [0.2, 0.25) is 0 Å². The number of aromatic amines is 1. The second-order valence-electron chi connectivity index (χ2n) is 5.46. The van der Waals surface area contributed by atoms with Crippen molar-refractivity contribution in [3.8, 4) is 0 Å². The molecule has 0 aliphatic carbocycles. The number of hydrogen-bond acceptors (Lipinski definition) is 5. The molecule has 0 spiro atoms. The van der Waals surface area contributed by atoms with E-state index in [1.54, 1.807) is 11.8 Å². The van der Waals surface area contributed by atoms with E-state index in [1.807, 2.05) is 0 Å². The summed E-state index contributed by atoms with van der Waals surface area (Å²) in [5.41, 5.74) is 8.11. The number of hydrogen-bond donors (Lipinski definition) is 3. The van der Waals surface area contributed by atoms with Crippen molar-refractivity contribution in [1.29, 1.82) is 0 Å². The maximum absolute atomic E-state index is 11.9. The van der Waals surface area contributed by atoms with Crippen LogP contribution in [0.3, 0.4) is 0 Å². The highest BCUT2D eigenvalue weighted by Gasteiger charge is 2.22. The van der Waals surface area contributed by atoms with Crippen molar-refractivity contribution in [3.05, 3.63) is 45.7 Å². The molecule has 1 aromatic heterocycles. The Hall–Kier alpha value is -1.95. The number of nitrogens with two attached hydrogens (primary N) is 1. The molecule has 0 radical (unpaired) electrons. The van der Waals surface area contributed by atoms with Gasteiger partial charge < -0.3 is 11.1 Å². The molecule has 0 amide bonds. The third-order valence-electron chi connectivity index (χ3n) is 3.86. The van der Waals surface area contributed by atoms with Gasteiger partial charge in [-0.15, -0.1) is 11.8 Å². The number of thioether (sulfide) groups is 1. The Morgan fingerprint density at radius 1 is 1.32 bits per heavy atom. The Morgan fingerprint density at radius 2 is 2.05 bits per heavy atom. The summed E-state index contributed by atoms with van der Waals surface area (Å²) in [6.45, 7) is 2.97. The molecular formula is C16H20N4OS. The third-order valence-corrected chi connectivity index (χ3v) is 5.21. The van der Waals surface area contributed by atoms with Gasteiger partial charge in [-0.25, -0.2) is 0 Å². The summed E-state index contributed by atoms with van der Waals surface area (Å²) in [7, 11) is 0. The number of H-pyrrole nitrogens is 1. The molecule has 1 atom stereocenters. The van der Waals surface area contributed by atoms with Gasteiger partial charge in [-0.2, -0.15) is 4.98 Å². The van der Waals surface area contributed by atoms with Crippen molar-refractivity contribution in [1.82, 2.24) is 9.97 Å². The molecule has 1 aliphatic heterocycles. The number of rotatable bonds is 4. The number of nitrogens with one attached hydrogen (secondary N) is 2. The van der Waals surface area contributed by atoms with E-state index in [-0.39, 0.29) is 11.5 Å². The second kappa shape index (κ2) is 6.44. The van der Waals surface area contributed by atoms with E-state index in [2.05, 4.69) is 46.5 Å². The summed E-state index contributed by atoms with van der Waals surface area (Å²) < 4.78 is 0. The minimum Gasteiger partial charge on any atom is -0.369 e. The quantitative estimate of drug-likeness (QED) is 0.807. The second-order valence-corrected chi connectivity index (χ2v) is 6.77. The van der Waals surface area contributed by atoms with Crippen LogP contribution >= 0.6 is 11.8 Å². The highest BCUT2D eigenvalue weighted by molar-refractivity contribution is 8.00. The number of benzene rings is 1. The number of aryl methyl sites for hydroxylation is 2. The van der Waals surface area contributed by atoms with Gasteiger partial charge >= 0.3 is 0 Å². The topological polar surface area (TPSA) is 83.8 Å². The van der Waals surface area contributed by atoms with Crippen LogP contribution in [0.4, 0.5) is 11.8 Å². The van der Waals surface area contributed by atoms with Crippen LogP contribution in [-0.4, -0.2) is 21.8 Å². The maximum Gasteiger partial charge on any atom is 0.268 e. The minimum absolute atomic E-state index is 0.156. The van der Waals surface area contributed by atoms with E-state index < -0.39 is 0 Å². The average Bonchev–Trinajstić information content (AvgIpc) is 2.53. The molecule has 1 aromatic carbocycles. The lowest BCUT2D eigenvalue weighted by molar-refractivity contribution is 0.766. The summed E-state index contributed by atoms with van der Waals surface area (Å²) in [5.74, 6) is 0.765. The Kier molecular flexibility index (Phi) is 4.38. The van der Waals surface area contributed by atoms with Crippen LogP contribution in [0.25, 0.3) is 0 Å². The Labute approximate surface area is 133 Å². The van der Waals surface area contributed by atoms with Gasteiger partial charge in [0.25, 0.3) is 5.56 Å². The molecule has 2 aromatic rings. The van der Waals surface area contributed by atoms with Crippen LogP contribution in [0, 0.1) is 0 Å². The fourth-order valence-electron chi connectivity index (χ4n) is 2.56. The standard InChI is InChI=1S/C16H20N4OS/c1-2-10-3-5-11(6-4-10)7-8-12-9-18-14-13(22-12)15(21)20-16(17)19-14/h3-6,12H,2,7-9H2,1H3,(H4,17,18,19,20,21). The number of anilines is 2. The fourth-order valence-corrected chi connectivity index (χ4v) is 3.68. The van der Waals surface area contributed by atoms with Crippen molar-refractivity contribution in [3.63, 3.8) is 0 Å². The van der Waals surface area contributed by atoms with E-state index in [4.69, 9.17) is 5.73 Å². The normalized spacial score (nSPS) is 16.9. The lowest BCUT2D eigenvalue weighted by Gasteiger charge is -2.24. The summed E-state index contributed by atoms with van der Waals surface area (Å²) in [6.07, 6.45) is 3.10. The largest absolute Gasteiger partial charge is 0.369 e. The highest BCUT2D eigenvalue weighted by Crippen LogP contribution is 2.33. The van der Waals surface area contributed by atoms with Crippen molar-refractivity contribution in [2.45, 2.75) is 36.3 Å². The first kappa shape index (κ1) is 15.0. The molecule has 4 N–H and O–H groups in total. The monoisotopic (exact) mass is 316 g/mol. The molecule has 3 rings (SSSR count). The Bertz CT molecular complexity index is 711. The highest BCUT2D eigenvalue weighted by atomic mass is 32.2. The molecular weight excluding hydrogens is 296 g/mol. The zero-order valence-corrected chi connectivity index (χ0v) is 13.4. The van der Waals surface area contributed by atoms with E-state index in [9.17, 15) is 4.79 Å². The summed E-state index contributed by atoms with van der Waals surface area (Å²) in [5, 5.41) is 3.58. The van der Waals surface area contributed by atoms with Crippen LogP contribution in [0.15, 0.2) is 34.0 Å². The molecule has 0 fully saturated rings. The SMILES string of the molecule is CCc1ccc(CCC2CNc3nc(N)[nH]c(=O)c3S2)cc1. The Balaban J connectivity index is 1.64. The van der Waals surface area contributed by atoms with Gasteiger partial charge in [0, 0.05) is 11.8 Å². The average molecular weight is 316 g/mol. The number of aromatic nitrogens is 2. The molecule has 0 bridgehead atoms. The van der Waals surface area contributed by atoms with Crippen LogP contribution in [0.1, 0.15) is 24.5 Å². The molecule has 1 unspecified atom stereocenters. The summed E-state index contributed by atoms with van der Waals surface area (Å²) in [4.78, 5) is 19.3.